The fourth-order valence-corrected chi connectivity index (χ4v) is 1.78. The molecule has 3 rings (SSSR count). The number of hydrogen-bond donors (Lipinski definition) is 1. The standard InChI is InChI=1S/C13H10N4/c14-11-5-13(9-6-15-8-16-7-9)17-12-4-2-1-3-10(11)12/h1-8H,(H2,14,17). The number of hydrogen-bond acceptors (Lipinski definition) is 4. The normalized spacial score (nSPS) is 10.6. The van der Waals surface area contributed by atoms with Crippen LogP contribution in [-0.4, -0.2) is 15.0 Å². The molecule has 2 N–H and O–H groups in total. The molecule has 0 saturated heterocycles. The van der Waals surface area contributed by atoms with E-state index in [0.717, 1.165) is 27.8 Å². The average Bonchev–Trinajstić information content (AvgIpc) is 2.40. The molecule has 2 heterocycles. The molecule has 2 aromatic heterocycles. The third-order valence-corrected chi connectivity index (χ3v) is 2.60. The van der Waals surface area contributed by atoms with Crippen molar-refractivity contribution in [2.24, 2.45) is 0 Å². The van der Waals surface area contributed by atoms with Crippen LogP contribution in [0.4, 0.5) is 5.69 Å². The summed E-state index contributed by atoms with van der Waals surface area (Å²) < 4.78 is 0. The second kappa shape index (κ2) is 3.83. The van der Waals surface area contributed by atoms with E-state index in [4.69, 9.17) is 5.73 Å². The number of benzene rings is 1. The number of anilines is 1. The predicted molar refractivity (Wildman–Crippen MR) is 67.2 cm³/mol. The van der Waals surface area contributed by atoms with Gasteiger partial charge in [-0.1, -0.05) is 18.2 Å². The van der Waals surface area contributed by atoms with Crippen LogP contribution in [0.5, 0.6) is 0 Å². The van der Waals surface area contributed by atoms with Crippen LogP contribution >= 0.6 is 0 Å². The average molecular weight is 222 g/mol. The molecule has 0 aliphatic heterocycles. The van der Waals surface area contributed by atoms with Gasteiger partial charge in [-0.15, -0.1) is 0 Å². The van der Waals surface area contributed by atoms with E-state index in [1.165, 1.54) is 6.33 Å². The number of nitrogens with two attached hydrogens (primary N) is 1. The predicted octanol–water partition coefficient (Wildman–Crippen LogP) is 2.27. The highest BCUT2D eigenvalue weighted by Gasteiger charge is 2.04. The van der Waals surface area contributed by atoms with E-state index in [1.807, 2.05) is 30.3 Å². The Morgan fingerprint density at radius 2 is 1.76 bits per heavy atom. The van der Waals surface area contributed by atoms with E-state index in [-0.39, 0.29) is 0 Å². The van der Waals surface area contributed by atoms with Gasteiger partial charge < -0.3 is 5.73 Å². The van der Waals surface area contributed by atoms with Crippen molar-refractivity contribution >= 4 is 16.6 Å². The lowest BCUT2D eigenvalue weighted by Crippen LogP contribution is -1.93. The largest absolute Gasteiger partial charge is 0.398 e. The van der Waals surface area contributed by atoms with Crippen molar-refractivity contribution in [3.8, 4) is 11.3 Å². The van der Waals surface area contributed by atoms with Crippen molar-refractivity contribution < 1.29 is 0 Å². The van der Waals surface area contributed by atoms with Gasteiger partial charge in [-0.05, 0) is 12.1 Å². The van der Waals surface area contributed by atoms with E-state index < -0.39 is 0 Å². The zero-order valence-electron chi connectivity index (χ0n) is 9.04. The minimum absolute atomic E-state index is 0.717. The summed E-state index contributed by atoms with van der Waals surface area (Å²) in [5.41, 5.74) is 9.27. The first-order chi connectivity index (χ1) is 8.34. The van der Waals surface area contributed by atoms with Crippen LogP contribution in [-0.2, 0) is 0 Å². The van der Waals surface area contributed by atoms with Crippen LogP contribution in [0.1, 0.15) is 0 Å². The van der Waals surface area contributed by atoms with Gasteiger partial charge >= 0.3 is 0 Å². The molecule has 0 radical (unpaired) electrons. The number of nitrogens with zero attached hydrogens (tertiary/aromatic N) is 3. The molecule has 0 atom stereocenters. The van der Waals surface area contributed by atoms with Gasteiger partial charge in [-0.25, -0.2) is 15.0 Å². The lowest BCUT2D eigenvalue weighted by molar-refractivity contribution is 1.16. The first-order valence-corrected chi connectivity index (χ1v) is 5.25. The Morgan fingerprint density at radius 3 is 2.59 bits per heavy atom. The number of aromatic nitrogens is 3. The Hall–Kier alpha value is -2.49. The summed E-state index contributed by atoms with van der Waals surface area (Å²) in [7, 11) is 0. The summed E-state index contributed by atoms with van der Waals surface area (Å²) in [5.74, 6) is 0. The summed E-state index contributed by atoms with van der Waals surface area (Å²) in [6, 6.07) is 9.65. The molecular formula is C13H10N4. The fourth-order valence-electron chi connectivity index (χ4n) is 1.78. The Kier molecular flexibility index (Phi) is 2.19. The number of para-hydroxylation sites is 1. The monoisotopic (exact) mass is 222 g/mol. The van der Waals surface area contributed by atoms with Crippen LogP contribution in [0.3, 0.4) is 0 Å². The highest BCUT2D eigenvalue weighted by atomic mass is 14.8. The topological polar surface area (TPSA) is 64.7 Å². The minimum atomic E-state index is 0.717. The number of pyridine rings is 1. The minimum Gasteiger partial charge on any atom is -0.398 e. The Bertz CT molecular complexity index is 665. The fraction of sp³-hybridized carbons (Fsp3) is 0. The number of fused-ring (bicyclic) bond motifs is 1. The summed E-state index contributed by atoms with van der Waals surface area (Å²) in [5, 5.41) is 0.966. The smallest absolute Gasteiger partial charge is 0.115 e. The van der Waals surface area contributed by atoms with Crippen molar-refractivity contribution in [2.75, 3.05) is 5.73 Å². The van der Waals surface area contributed by atoms with Gasteiger partial charge in [0.1, 0.15) is 6.33 Å². The molecule has 1 aromatic carbocycles. The van der Waals surface area contributed by atoms with Crippen LogP contribution in [0.25, 0.3) is 22.2 Å². The molecule has 0 saturated carbocycles. The first-order valence-electron chi connectivity index (χ1n) is 5.25. The first kappa shape index (κ1) is 9.72. The quantitative estimate of drug-likeness (QED) is 0.686. The maximum atomic E-state index is 6.01. The molecule has 0 spiro atoms. The zero-order chi connectivity index (χ0) is 11.7. The molecule has 4 heteroatoms. The van der Waals surface area contributed by atoms with Crippen LogP contribution in [0, 0.1) is 0 Å². The van der Waals surface area contributed by atoms with Gasteiger partial charge in [-0.2, -0.15) is 0 Å². The van der Waals surface area contributed by atoms with E-state index >= 15 is 0 Å². The van der Waals surface area contributed by atoms with E-state index in [1.54, 1.807) is 12.4 Å². The summed E-state index contributed by atoms with van der Waals surface area (Å²) in [4.78, 5) is 12.5. The lowest BCUT2D eigenvalue weighted by atomic mass is 10.1. The van der Waals surface area contributed by atoms with Crippen LogP contribution in [0.2, 0.25) is 0 Å². The Morgan fingerprint density at radius 1 is 1.00 bits per heavy atom. The summed E-state index contributed by atoms with van der Waals surface area (Å²) in [6.45, 7) is 0. The maximum absolute atomic E-state index is 6.01. The second-order valence-corrected chi connectivity index (χ2v) is 3.74. The molecule has 4 nitrogen and oxygen atoms in total. The van der Waals surface area contributed by atoms with Crippen LogP contribution < -0.4 is 5.73 Å². The molecule has 3 aromatic rings. The molecule has 82 valence electrons. The second-order valence-electron chi connectivity index (χ2n) is 3.74. The van der Waals surface area contributed by atoms with Crippen molar-refractivity contribution in [3.05, 3.63) is 49.1 Å². The van der Waals surface area contributed by atoms with Gasteiger partial charge in [0.25, 0.3) is 0 Å². The molecule has 0 bridgehead atoms. The molecule has 0 aliphatic carbocycles. The third-order valence-electron chi connectivity index (χ3n) is 2.60. The van der Waals surface area contributed by atoms with Gasteiger partial charge in [0.2, 0.25) is 0 Å². The molecular weight excluding hydrogens is 212 g/mol. The molecule has 0 unspecified atom stereocenters. The number of rotatable bonds is 1. The Labute approximate surface area is 98.2 Å². The van der Waals surface area contributed by atoms with E-state index in [9.17, 15) is 0 Å². The summed E-state index contributed by atoms with van der Waals surface area (Å²) in [6.07, 6.45) is 4.95. The molecule has 0 aliphatic rings. The van der Waals surface area contributed by atoms with Gasteiger partial charge in [0.05, 0.1) is 11.2 Å². The summed E-state index contributed by atoms with van der Waals surface area (Å²) >= 11 is 0. The SMILES string of the molecule is Nc1cc(-c2cncnc2)nc2ccccc12. The van der Waals surface area contributed by atoms with Gasteiger partial charge in [-0.3, -0.25) is 0 Å². The molecule has 0 amide bonds. The van der Waals surface area contributed by atoms with Crippen molar-refractivity contribution in [1.29, 1.82) is 0 Å². The van der Waals surface area contributed by atoms with E-state index in [0.29, 0.717) is 0 Å². The van der Waals surface area contributed by atoms with Gasteiger partial charge in [0.15, 0.2) is 0 Å². The highest BCUT2D eigenvalue weighted by molar-refractivity contribution is 5.92. The Balaban J connectivity index is 2.26. The number of nitrogen functional groups attached to an aromatic ring is 1. The molecule has 17 heavy (non-hydrogen) atoms. The zero-order valence-corrected chi connectivity index (χ0v) is 9.04. The molecule has 0 fully saturated rings. The van der Waals surface area contributed by atoms with Gasteiger partial charge in [0, 0.05) is 29.0 Å². The van der Waals surface area contributed by atoms with Crippen molar-refractivity contribution in [2.45, 2.75) is 0 Å². The van der Waals surface area contributed by atoms with Crippen LogP contribution in [0.15, 0.2) is 49.1 Å². The lowest BCUT2D eigenvalue weighted by Gasteiger charge is -2.05. The van der Waals surface area contributed by atoms with Crippen molar-refractivity contribution in [1.82, 2.24) is 15.0 Å². The third kappa shape index (κ3) is 1.69. The maximum Gasteiger partial charge on any atom is 0.115 e. The highest BCUT2D eigenvalue weighted by Crippen LogP contribution is 2.25. The van der Waals surface area contributed by atoms with E-state index in [2.05, 4.69) is 15.0 Å². The van der Waals surface area contributed by atoms with Crippen molar-refractivity contribution in [3.63, 3.8) is 0 Å².